The van der Waals surface area contributed by atoms with E-state index in [4.69, 9.17) is 0 Å². The predicted octanol–water partition coefficient (Wildman–Crippen LogP) is 4.30. The number of carbonyl (C=O) groups excluding carboxylic acids is 1. The van der Waals surface area contributed by atoms with E-state index in [1.54, 1.807) is 30.5 Å². The third-order valence-corrected chi connectivity index (χ3v) is 8.69. The molecule has 1 aliphatic heterocycles. The molecule has 1 aromatic carbocycles. The molecule has 0 aliphatic carbocycles. The van der Waals surface area contributed by atoms with Crippen molar-refractivity contribution in [3.63, 3.8) is 0 Å². The summed E-state index contributed by atoms with van der Waals surface area (Å²) in [5.41, 5.74) is -0.116. The van der Waals surface area contributed by atoms with Crippen molar-refractivity contribution in [1.82, 2.24) is 14.1 Å². The molecule has 12 heteroatoms. The van der Waals surface area contributed by atoms with Crippen molar-refractivity contribution in [2.75, 3.05) is 18.4 Å². The number of rotatable bonds is 5. The summed E-state index contributed by atoms with van der Waals surface area (Å²) in [4.78, 5) is 12.9. The SMILES string of the molecule is Cc1cc(NC(=O)C2CCN(S(=O)(=O)c3cccs3)CC2)n(-c2cccc(C(F)(F)F)c2)n1. The standard InChI is InChI=1S/C21H21F3N4O3S2/c1-14-12-18(28(26-14)17-5-2-4-16(13-17)21(22,23)24)25-20(29)15-7-9-27(10-8-15)33(30,31)19-6-3-11-32-19/h2-6,11-13,15H,7-10H2,1H3,(H,25,29). The van der Waals surface area contributed by atoms with Crippen LogP contribution in [0.4, 0.5) is 19.0 Å². The van der Waals surface area contributed by atoms with Gasteiger partial charge in [0.25, 0.3) is 10.0 Å². The maximum atomic E-state index is 13.1. The molecule has 1 aliphatic rings. The summed E-state index contributed by atoms with van der Waals surface area (Å²) in [6.45, 7) is 2.10. The smallest absolute Gasteiger partial charge is 0.310 e. The van der Waals surface area contributed by atoms with Crippen LogP contribution in [-0.2, 0) is 21.0 Å². The lowest BCUT2D eigenvalue weighted by Crippen LogP contribution is -2.41. The number of halogens is 3. The number of nitrogens with one attached hydrogen (secondary N) is 1. The maximum absolute atomic E-state index is 13.1. The molecule has 0 saturated carbocycles. The summed E-state index contributed by atoms with van der Waals surface area (Å²) in [5, 5.41) is 8.67. The number of benzene rings is 1. The van der Waals surface area contributed by atoms with E-state index in [0.717, 1.165) is 23.5 Å². The van der Waals surface area contributed by atoms with Crippen LogP contribution in [0.3, 0.4) is 0 Å². The molecule has 3 aromatic rings. The van der Waals surface area contributed by atoms with E-state index in [1.165, 1.54) is 21.1 Å². The first-order chi connectivity index (χ1) is 15.6. The molecule has 2 aromatic heterocycles. The number of thiophene rings is 1. The van der Waals surface area contributed by atoms with E-state index in [1.807, 2.05) is 0 Å². The highest BCUT2D eigenvalue weighted by molar-refractivity contribution is 7.91. The predicted molar refractivity (Wildman–Crippen MR) is 118 cm³/mol. The second-order valence-electron chi connectivity index (χ2n) is 7.73. The lowest BCUT2D eigenvalue weighted by atomic mass is 9.97. The molecule has 1 fully saturated rings. The molecule has 0 bridgehead atoms. The molecule has 1 saturated heterocycles. The van der Waals surface area contributed by atoms with Crippen LogP contribution in [0.2, 0.25) is 0 Å². The highest BCUT2D eigenvalue weighted by Crippen LogP contribution is 2.31. The molecule has 0 spiro atoms. The van der Waals surface area contributed by atoms with E-state index in [-0.39, 0.29) is 34.7 Å². The zero-order valence-corrected chi connectivity index (χ0v) is 19.2. The Morgan fingerprint density at radius 3 is 2.52 bits per heavy atom. The fraction of sp³-hybridized carbons (Fsp3) is 0.333. The highest BCUT2D eigenvalue weighted by atomic mass is 32.2. The fourth-order valence-electron chi connectivity index (χ4n) is 3.72. The van der Waals surface area contributed by atoms with Gasteiger partial charge in [0.05, 0.1) is 16.9 Å². The summed E-state index contributed by atoms with van der Waals surface area (Å²) in [5.74, 6) is -0.494. The minimum absolute atomic E-state index is 0.171. The first-order valence-corrected chi connectivity index (χ1v) is 12.5. The van der Waals surface area contributed by atoms with E-state index < -0.39 is 27.7 Å². The van der Waals surface area contributed by atoms with Gasteiger partial charge in [-0.25, -0.2) is 13.1 Å². The number of nitrogens with zero attached hydrogens (tertiary/aromatic N) is 3. The monoisotopic (exact) mass is 498 g/mol. The third kappa shape index (κ3) is 4.97. The Morgan fingerprint density at radius 2 is 1.88 bits per heavy atom. The van der Waals surface area contributed by atoms with Gasteiger partial charge in [-0.05, 0) is 49.4 Å². The van der Waals surface area contributed by atoms with Gasteiger partial charge >= 0.3 is 6.18 Å². The number of piperidine rings is 1. The van der Waals surface area contributed by atoms with Crippen molar-refractivity contribution in [2.24, 2.45) is 5.92 Å². The van der Waals surface area contributed by atoms with Crippen LogP contribution in [0, 0.1) is 12.8 Å². The number of sulfonamides is 1. The van der Waals surface area contributed by atoms with Crippen molar-refractivity contribution in [3.8, 4) is 5.69 Å². The van der Waals surface area contributed by atoms with Gasteiger partial charge < -0.3 is 5.32 Å². The molecule has 176 valence electrons. The number of aromatic nitrogens is 2. The van der Waals surface area contributed by atoms with Crippen LogP contribution >= 0.6 is 11.3 Å². The quantitative estimate of drug-likeness (QED) is 0.569. The summed E-state index contributed by atoms with van der Waals surface area (Å²) in [6.07, 6.45) is -3.82. The van der Waals surface area contributed by atoms with Crippen LogP contribution in [-0.4, -0.2) is 41.5 Å². The molecule has 3 heterocycles. The molecule has 33 heavy (non-hydrogen) atoms. The minimum Gasteiger partial charge on any atom is -0.310 e. The van der Waals surface area contributed by atoms with Gasteiger partial charge in [0.2, 0.25) is 5.91 Å². The van der Waals surface area contributed by atoms with Crippen LogP contribution < -0.4 is 5.32 Å². The Kier molecular flexibility index (Phi) is 6.34. The molecule has 4 rings (SSSR count). The summed E-state index contributed by atoms with van der Waals surface area (Å²) in [6, 6.07) is 9.50. The lowest BCUT2D eigenvalue weighted by molar-refractivity contribution is -0.137. The maximum Gasteiger partial charge on any atom is 0.416 e. The second kappa shape index (κ2) is 8.92. The highest BCUT2D eigenvalue weighted by Gasteiger charge is 2.33. The van der Waals surface area contributed by atoms with Crippen molar-refractivity contribution in [3.05, 3.63) is 59.1 Å². The van der Waals surface area contributed by atoms with Gasteiger partial charge in [0.15, 0.2) is 0 Å². The third-order valence-electron chi connectivity index (χ3n) is 5.41. The Labute approximate surface area is 192 Å². The van der Waals surface area contributed by atoms with Crippen molar-refractivity contribution < 1.29 is 26.4 Å². The number of amides is 1. The first kappa shape index (κ1) is 23.5. The molecular weight excluding hydrogens is 477 g/mol. The van der Waals surface area contributed by atoms with Crippen LogP contribution in [0.5, 0.6) is 0 Å². The molecule has 1 N–H and O–H groups in total. The number of aryl methyl sites for hydroxylation is 1. The van der Waals surface area contributed by atoms with Gasteiger partial charge in [-0.15, -0.1) is 11.3 Å². The number of anilines is 1. The Balaban J connectivity index is 1.46. The van der Waals surface area contributed by atoms with E-state index in [2.05, 4.69) is 10.4 Å². The molecule has 7 nitrogen and oxygen atoms in total. The van der Waals surface area contributed by atoms with Crippen LogP contribution in [0.25, 0.3) is 5.69 Å². The van der Waals surface area contributed by atoms with Gasteiger partial charge in [-0.2, -0.15) is 22.6 Å². The molecule has 0 radical (unpaired) electrons. The summed E-state index contributed by atoms with van der Waals surface area (Å²) >= 11 is 1.15. The lowest BCUT2D eigenvalue weighted by Gasteiger charge is -2.30. The van der Waals surface area contributed by atoms with Gasteiger partial charge in [-0.3, -0.25) is 4.79 Å². The van der Waals surface area contributed by atoms with Crippen LogP contribution in [0.15, 0.2) is 52.1 Å². The van der Waals surface area contributed by atoms with Crippen molar-refractivity contribution in [2.45, 2.75) is 30.2 Å². The summed E-state index contributed by atoms with van der Waals surface area (Å²) < 4.78 is 67.5. The number of hydrogen-bond donors (Lipinski definition) is 1. The normalized spacial score (nSPS) is 16.1. The zero-order chi connectivity index (χ0) is 23.8. The Hall–Kier alpha value is -2.70. The molecular formula is C21H21F3N4O3S2. The van der Waals surface area contributed by atoms with Crippen LogP contribution in [0.1, 0.15) is 24.1 Å². The first-order valence-electron chi connectivity index (χ1n) is 10.1. The average molecular weight is 499 g/mol. The Bertz CT molecular complexity index is 1250. The zero-order valence-electron chi connectivity index (χ0n) is 17.5. The summed E-state index contributed by atoms with van der Waals surface area (Å²) in [7, 11) is -3.57. The largest absolute Gasteiger partial charge is 0.416 e. The average Bonchev–Trinajstić information content (AvgIpc) is 3.44. The van der Waals surface area contributed by atoms with Crippen molar-refractivity contribution in [1.29, 1.82) is 0 Å². The Morgan fingerprint density at radius 1 is 1.15 bits per heavy atom. The second-order valence-corrected chi connectivity index (χ2v) is 10.8. The van der Waals surface area contributed by atoms with E-state index >= 15 is 0 Å². The molecule has 0 atom stereocenters. The molecule has 1 amide bonds. The number of alkyl halides is 3. The fourth-order valence-corrected chi connectivity index (χ4v) is 6.34. The van der Waals surface area contributed by atoms with Crippen molar-refractivity contribution >= 4 is 33.1 Å². The van der Waals surface area contributed by atoms with Gasteiger partial charge in [0, 0.05) is 25.1 Å². The topological polar surface area (TPSA) is 84.3 Å². The van der Waals surface area contributed by atoms with Gasteiger partial charge in [0.1, 0.15) is 10.0 Å². The number of hydrogen-bond acceptors (Lipinski definition) is 5. The number of carbonyl (C=O) groups is 1. The minimum atomic E-state index is -4.50. The van der Waals surface area contributed by atoms with E-state index in [9.17, 15) is 26.4 Å². The van der Waals surface area contributed by atoms with Gasteiger partial charge in [-0.1, -0.05) is 12.1 Å². The molecule has 0 unspecified atom stereocenters. The van der Waals surface area contributed by atoms with E-state index in [0.29, 0.717) is 18.5 Å².